The van der Waals surface area contributed by atoms with E-state index in [9.17, 15) is 4.79 Å². The molecule has 3 heterocycles. The van der Waals surface area contributed by atoms with Gasteiger partial charge in [-0.2, -0.15) is 0 Å². The van der Waals surface area contributed by atoms with Gasteiger partial charge in [-0.3, -0.25) is 4.79 Å². The Bertz CT molecular complexity index is 1070. The number of amides is 1. The number of halogens is 1. The van der Waals surface area contributed by atoms with Gasteiger partial charge in [-0.05, 0) is 79.7 Å². The van der Waals surface area contributed by atoms with E-state index in [0.29, 0.717) is 12.5 Å². The number of aromatic nitrogens is 2. The van der Waals surface area contributed by atoms with Gasteiger partial charge in [0.15, 0.2) is 0 Å². The molecule has 1 aliphatic carbocycles. The van der Waals surface area contributed by atoms with Crippen LogP contribution >= 0.6 is 12.4 Å². The number of carbonyl (C=O) groups excluding carboxylic acids is 1. The average Bonchev–Trinajstić information content (AvgIpc) is 3.46. The maximum atomic E-state index is 12.8. The van der Waals surface area contributed by atoms with Crippen LogP contribution in [0.4, 0.5) is 5.95 Å². The summed E-state index contributed by atoms with van der Waals surface area (Å²) in [7, 11) is 0. The highest BCUT2D eigenvalue weighted by Crippen LogP contribution is 2.33. The van der Waals surface area contributed by atoms with E-state index < -0.39 is 0 Å². The molecule has 0 spiro atoms. The van der Waals surface area contributed by atoms with Crippen LogP contribution in [0.5, 0.6) is 5.75 Å². The summed E-state index contributed by atoms with van der Waals surface area (Å²) in [6.45, 7) is 6.11. The van der Waals surface area contributed by atoms with Gasteiger partial charge >= 0.3 is 0 Å². The number of likely N-dealkylation sites (tertiary alicyclic amines) is 1. The van der Waals surface area contributed by atoms with Crippen LogP contribution in [0.1, 0.15) is 56.6 Å². The van der Waals surface area contributed by atoms with Crippen LogP contribution in [0, 0.1) is 11.8 Å². The third kappa shape index (κ3) is 6.84. The zero-order valence-electron chi connectivity index (χ0n) is 22.2. The Balaban J connectivity index is 0.00000336. The lowest BCUT2D eigenvalue weighted by molar-refractivity contribution is -0.134. The van der Waals surface area contributed by atoms with Crippen LogP contribution in [0.15, 0.2) is 42.7 Å². The summed E-state index contributed by atoms with van der Waals surface area (Å²) in [5.41, 5.74) is 6.00. The average molecular weight is 542 g/mol. The van der Waals surface area contributed by atoms with Crippen LogP contribution in [0.2, 0.25) is 0 Å². The summed E-state index contributed by atoms with van der Waals surface area (Å²) < 4.78 is 6.14. The number of benzene rings is 1. The molecule has 2 atom stereocenters. The maximum absolute atomic E-state index is 12.8. The van der Waals surface area contributed by atoms with E-state index in [4.69, 9.17) is 9.94 Å². The van der Waals surface area contributed by atoms with E-state index in [1.54, 1.807) is 0 Å². The van der Waals surface area contributed by atoms with Gasteiger partial charge in [0.1, 0.15) is 5.75 Å². The molecule has 3 aliphatic rings. The van der Waals surface area contributed by atoms with Gasteiger partial charge in [0.25, 0.3) is 0 Å². The van der Waals surface area contributed by atoms with Crippen LogP contribution < -0.4 is 15.1 Å². The number of nitrogens with one attached hydrogen (secondary N) is 1. The number of carbonyl (C=O) groups is 1. The molecule has 0 radical (unpaired) electrons. The number of aryl methyl sites for hydroxylation is 1. The van der Waals surface area contributed by atoms with Crippen molar-refractivity contribution in [2.75, 3.05) is 37.7 Å². The summed E-state index contributed by atoms with van der Waals surface area (Å²) in [5.74, 6) is 2.57. The third-order valence-corrected chi connectivity index (χ3v) is 8.15. The lowest BCUT2D eigenvalue weighted by Gasteiger charge is -2.31. The quantitative estimate of drug-likeness (QED) is 0.475. The molecule has 2 fully saturated rings. The highest BCUT2D eigenvalue weighted by molar-refractivity contribution is 5.85. The molecule has 2 saturated heterocycles. The molecule has 8 nitrogen and oxygen atoms in total. The lowest BCUT2D eigenvalue weighted by atomic mass is 9.86. The Kier molecular flexibility index (Phi) is 9.99. The molecule has 1 amide bonds. The van der Waals surface area contributed by atoms with E-state index in [0.717, 1.165) is 82.9 Å². The van der Waals surface area contributed by atoms with Gasteiger partial charge in [0, 0.05) is 44.5 Å². The van der Waals surface area contributed by atoms with Crippen molar-refractivity contribution in [2.45, 2.75) is 57.9 Å². The number of hydroxylamine groups is 1. The van der Waals surface area contributed by atoms with Crippen LogP contribution in [0.25, 0.3) is 5.57 Å². The summed E-state index contributed by atoms with van der Waals surface area (Å²) in [5, 5.41) is 9.11. The number of nitrogens with zero attached hydrogens (tertiary/aromatic N) is 4. The minimum absolute atomic E-state index is 0. The molecule has 2 N–H and O–H groups in total. The van der Waals surface area contributed by atoms with Gasteiger partial charge in [0.2, 0.25) is 11.9 Å². The largest absolute Gasteiger partial charge is 0.493 e. The second-order valence-electron chi connectivity index (χ2n) is 10.6. The fourth-order valence-corrected chi connectivity index (χ4v) is 5.62. The summed E-state index contributed by atoms with van der Waals surface area (Å²) in [6.07, 6.45) is 12.6. The SMILES string of the molecule is CCc1cnc(N2CCC(COc3ccc(C4=CCC(C(=O)N5CC[C@H](NO)C5)CC4)cc3)CC2)nc1.Cl. The minimum Gasteiger partial charge on any atom is -0.493 e. The number of hydrogen-bond donors (Lipinski definition) is 2. The van der Waals surface area contributed by atoms with E-state index in [1.807, 2.05) is 17.3 Å². The van der Waals surface area contributed by atoms with Crippen molar-refractivity contribution in [1.29, 1.82) is 0 Å². The summed E-state index contributed by atoms with van der Waals surface area (Å²) in [4.78, 5) is 26.0. The Hall–Kier alpha value is -2.68. The molecule has 9 heteroatoms. The molecule has 206 valence electrons. The fraction of sp³-hybridized carbons (Fsp3) is 0.552. The smallest absolute Gasteiger partial charge is 0.226 e. The maximum Gasteiger partial charge on any atom is 0.226 e. The van der Waals surface area contributed by atoms with Gasteiger partial charge in [-0.1, -0.05) is 25.1 Å². The Morgan fingerprint density at radius 1 is 1.08 bits per heavy atom. The molecular weight excluding hydrogens is 502 g/mol. The summed E-state index contributed by atoms with van der Waals surface area (Å²) >= 11 is 0. The van der Waals surface area contributed by atoms with E-state index >= 15 is 0 Å². The molecule has 2 aromatic rings. The Labute approximate surface area is 231 Å². The van der Waals surface area contributed by atoms with E-state index in [-0.39, 0.29) is 30.3 Å². The number of hydrogen-bond acceptors (Lipinski definition) is 7. The van der Waals surface area contributed by atoms with Crippen LogP contribution in [-0.4, -0.2) is 64.8 Å². The van der Waals surface area contributed by atoms with Crippen molar-refractivity contribution in [3.05, 3.63) is 53.9 Å². The standard InChI is InChI=1S/C29H39N5O3.ClH/c1-2-21-17-30-29(31-18-21)33-14-11-22(12-15-33)20-37-27-9-7-24(8-10-27)23-3-5-25(6-4-23)28(35)34-16-13-26(19-34)32-36;/h3,7-10,17-18,22,25-26,32,36H,2,4-6,11-16,19-20H2,1H3;1H/t25?,26-;/m0./s1. The van der Waals surface area contributed by atoms with E-state index in [1.165, 1.54) is 16.7 Å². The predicted molar refractivity (Wildman–Crippen MR) is 151 cm³/mol. The molecule has 5 rings (SSSR count). The van der Waals surface area contributed by atoms with Crippen molar-refractivity contribution in [3.8, 4) is 5.75 Å². The predicted octanol–water partition coefficient (Wildman–Crippen LogP) is 4.52. The lowest BCUT2D eigenvalue weighted by Crippen LogP contribution is -2.37. The zero-order valence-corrected chi connectivity index (χ0v) is 23.0. The van der Waals surface area contributed by atoms with Gasteiger partial charge < -0.3 is 19.7 Å². The summed E-state index contributed by atoms with van der Waals surface area (Å²) in [6, 6.07) is 8.42. The zero-order chi connectivity index (χ0) is 25.6. The Morgan fingerprint density at radius 3 is 2.42 bits per heavy atom. The van der Waals surface area contributed by atoms with Crippen molar-refractivity contribution in [2.24, 2.45) is 11.8 Å². The number of piperidine rings is 1. The van der Waals surface area contributed by atoms with Gasteiger partial charge in [-0.15, -0.1) is 12.4 Å². The second kappa shape index (κ2) is 13.4. The third-order valence-electron chi connectivity index (χ3n) is 8.15. The first kappa shape index (κ1) is 28.3. The van der Waals surface area contributed by atoms with Gasteiger partial charge in [0.05, 0.1) is 12.6 Å². The highest BCUT2D eigenvalue weighted by Gasteiger charge is 2.31. The monoisotopic (exact) mass is 541 g/mol. The van der Waals surface area contributed by atoms with Crippen molar-refractivity contribution >= 4 is 29.8 Å². The van der Waals surface area contributed by atoms with Crippen LogP contribution in [-0.2, 0) is 11.2 Å². The van der Waals surface area contributed by atoms with Crippen molar-refractivity contribution in [3.63, 3.8) is 0 Å². The van der Waals surface area contributed by atoms with Crippen molar-refractivity contribution < 1.29 is 14.7 Å². The molecule has 1 unspecified atom stereocenters. The van der Waals surface area contributed by atoms with Crippen molar-refractivity contribution in [1.82, 2.24) is 20.3 Å². The number of rotatable bonds is 8. The topological polar surface area (TPSA) is 90.8 Å². The highest BCUT2D eigenvalue weighted by atomic mass is 35.5. The molecule has 1 aromatic heterocycles. The molecule has 0 saturated carbocycles. The first-order chi connectivity index (χ1) is 18.1. The van der Waals surface area contributed by atoms with E-state index in [2.05, 4.69) is 57.6 Å². The fourth-order valence-electron chi connectivity index (χ4n) is 5.62. The molecule has 1 aromatic carbocycles. The number of allylic oxidation sites excluding steroid dienone is 2. The minimum atomic E-state index is 0. The molecule has 0 bridgehead atoms. The van der Waals surface area contributed by atoms with Gasteiger partial charge in [-0.25, -0.2) is 15.4 Å². The first-order valence-electron chi connectivity index (χ1n) is 13.8. The van der Waals surface area contributed by atoms with Crippen LogP contribution in [0.3, 0.4) is 0 Å². The molecular formula is C29H40ClN5O3. The Morgan fingerprint density at radius 2 is 1.82 bits per heavy atom. The first-order valence-corrected chi connectivity index (χ1v) is 13.8. The normalized spacial score (nSPS) is 22.1. The second-order valence-corrected chi connectivity index (χ2v) is 10.6. The molecule has 38 heavy (non-hydrogen) atoms. The molecule has 2 aliphatic heterocycles. The number of anilines is 1. The number of ether oxygens (including phenoxy) is 1.